The Hall–Kier alpha value is -1.63. The molecule has 2 saturated heterocycles. The molecule has 2 aliphatic rings. The predicted molar refractivity (Wildman–Crippen MR) is 89.3 cm³/mol. The highest BCUT2D eigenvalue weighted by Crippen LogP contribution is 2.36. The smallest absolute Gasteiger partial charge is 0.306 e. The monoisotopic (exact) mass is 370 g/mol. The fourth-order valence-corrected chi connectivity index (χ4v) is 3.66. The van der Waals surface area contributed by atoms with Crippen LogP contribution in [0.25, 0.3) is 0 Å². The normalized spacial score (nSPS) is 23.1. The Morgan fingerprint density at radius 2 is 1.83 bits per heavy atom. The van der Waals surface area contributed by atoms with Crippen LogP contribution in [0.5, 0.6) is 0 Å². The molecule has 2 amide bonds. The third-order valence-corrected chi connectivity index (χ3v) is 5.42. The third kappa shape index (κ3) is 3.01. The molecule has 0 bridgehead atoms. The SMILES string of the molecule is O=C(O)C1CCN([C@H]2CC(=O)N(c3cccc(Cl)c3Cl)C2=O)CC1. The number of carbonyl (C=O) groups excluding carboxylic acids is 2. The molecule has 6 nitrogen and oxygen atoms in total. The van der Waals surface area contributed by atoms with Gasteiger partial charge in [0.25, 0.3) is 5.91 Å². The van der Waals surface area contributed by atoms with Gasteiger partial charge in [-0.05, 0) is 38.1 Å². The predicted octanol–water partition coefficient (Wildman–Crippen LogP) is 2.42. The van der Waals surface area contributed by atoms with E-state index in [-0.39, 0.29) is 34.2 Å². The molecule has 2 aliphatic heterocycles. The molecular formula is C16H16Cl2N2O4. The molecule has 8 heteroatoms. The first-order valence-electron chi connectivity index (χ1n) is 7.68. The van der Waals surface area contributed by atoms with Crippen LogP contribution in [0.15, 0.2) is 18.2 Å². The molecule has 0 unspecified atom stereocenters. The van der Waals surface area contributed by atoms with Crippen molar-refractivity contribution in [1.29, 1.82) is 0 Å². The highest BCUT2D eigenvalue weighted by atomic mass is 35.5. The van der Waals surface area contributed by atoms with Crippen molar-refractivity contribution in [3.05, 3.63) is 28.2 Å². The van der Waals surface area contributed by atoms with Gasteiger partial charge in [-0.15, -0.1) is 0 Å². The Labute approximate surface area is 148 Å². The van der Waals surface area contributed by atoms with Crippen molar-refractivity contribution >= 4 is 46.7 Å². The molecule has 0 spiro atoms. The molecule has 2 heterocycles. The van der Waals surface area contributed by atoms with Gasteiger partial charge in [0, 0.05) is 0 Å². The Bertz CT molecular complexity index is 701. The minimum absolute atomic E-state index is 0.0689. The second-order valence-corrected chi connectivity index (χ2v) is 6.79. The largest absolute Gasteiger partial charge is 0.481 e. The highest BCUT2D eigenvalue weighted by molar-refractivity contribution is 6.44. The Balaban J connectivity index is 1.78. The summed E-state index contributed by atoms with van der Waals surface area (Å²) < 4.78 is 0. The van der Waals surface area contributed by atoms with Crippen molar-refractivity contribution in [2.24, 2.45) is 5.92 Å². The second kappa shape index (κ2) is 6.70. The summed E-state index contributed by atoms with van der Waals surface area (Å²) in [5.74, 6) is -1.85. The van der Waals surface area contributed by atoms with E-state index in [9.17, 15) is 14.4 Å². The number of imide groups is 1. The lowest BCUT2D eigenvalue weighted by molar-refractivity contribution is -0.143. The molecule has 1 atom stereocenters. The van der Waals surface area contributed by atoms with Crippen LogP contribution >= 0.6 is 23.2 Å². The van der Waals surface area contributed by atoms with Gasteiger partial charge in [-0.25, -0.2) is 4.90 Å². The van der Waals surface area contributed by atoms with E-state index in [1.165, 1.54) is 0 Å². The average Bonchev–Trinajstić information content (AvgIpc) is 2.85. The summed E-state index contributed by atoms with van der Waals surface area (Å²) in [6.07, 6.45) is 1.02. The van der Waals surface area contributed by atoms with Crippen molar-refractivity contribution in [3.63, 3.8) is 0 Å². The lowest BCUT2D eigenvalue weighted by atomic mass is 9.96. The zero-order chi connectivity index (χ0) is 17.4. The number of benzene rings is 1. The van der Waals surface area contributed by atoms with E-state index in [4.69, 9.17) is 28.3 Å². The number of carboxylic acids is 1. The first-order chi connectivity index (χ1) is 11.4. The fourth-order valence-electron chi connectivity index (χ4n) is 3.28. The number of anilines is 1. The fraction of sp³-hybridized carbons (Fsp3) is 0.438. The summed E-state index contributed by atoms with van der Waals surface area (Å²) >= 11 is 12.1. The van der Waals surface area contributed by atoms with Gasteiger partial charge in [-0.1, -0.05) is 29.3 Å². The first kappa shape index (κ1) is 17.2. The maximum atomic E-state index is 12.7. The van der Waals surface area contributed by atoms with E-state index >= 15 is 0 Å². The summed E-state index contributed by atoms with van der Waals surface area (Å²) in [4.78, 5) is 39.1. The van der Waals surface area contributed by atoms with Crippen molar-refractivity contribution < 1.29 is 19.5 Å². The summed E-state index contributed by atoms with van der Waals surface area (Å²) in [5.41, 5.74) is 0.294. The van der Waals surface area contributed by atoms with Crippen LogP contribution in [0, 0.1) is 5.92 Å². The number of piperidine rings is 1. The number of carboxylic acid groups (broad SMARTS) is 1. The van der Waals surface area contributed by atoms with Crippen LogP contribution in [-0.2, 0) is 14.4 Å². The van der Waals surface area contributed by atoms with E-state index < -0.39 is 12.0 Å². The van der Waals surface area contributed by atoms with Crippen LogP contribution in [-0.4, -0.2) is 46.9 Å². The topological polar surface area (TPSA) is 77.9 Å². The molecule has 24 heavy (non-hydrogen) atoms. The van der Waals surface area contributed by atoms with Gasteiger partial charge >= 0.3 is 5.97 Å². The minimum Gasteiger partial charge on any atom is -0.481 e. The van der Waals surface area contributed by atoms with Crippen LogP contribution in [0.4, 0.5) is 5.69 Å². The van der Waals surface area contributed by atoms with Gasteiger partial charge in [0.05, 0.1) is 34.1 Å². The van der Waals surface area contributed by atoms with Gasteiger partial charge in [0.15, 0.2) is 0 Å². The molecule has 1 aromatic carbocycles. The number of amides is 2. The van der Waals surface area contributed by atoms with Crippen molar-refractivity contribution in [2.75, 3.05) is 18.0 Å². The summed E-state index contributed by atoms with van der Waals surface area (Å²) in [6.45, 7) is 0.968. The molecule has 3 rings (SSSR count). The van der Waals surface area contributed by atoms with Crippen LogP contribution in [0.3, 0.4) is 0 Å². The lowest BCUT2D eigenvalue weighted by Crippen LogP contribution is -2.46. The van der Waals surface area contributed by atoms with Gasteiger partial charge < -0.3 is 5.11 Å². The van der Waals surface area contributed by atoms with Crippen molar-refractivity contribution in [3.8, 4) is 0 Å². The summed E-state index contributed by atoms with van der Waals surface area (Å²) in [5, 5.41) is 9.51. The molecule has 0 aromatic heterocycles. The van der Waals surface area contributed by atoms with Crippen molar-refractivity contribution in [2.45, 2.75) is 25.3 Å². The maximum absolute atomic E-state index is 12.7. The number of hydrogen-bond donors (Lipinski definition) is 1. The van der Waals surface area contributed by atoms with Crippen LogP contribution < -0.4 is 4.90 Å². The first-order valence-corrected chi connectivity index (χ1v) is 8.43. The van der Waals surface area contributed by atoms with Crippen LogP contribution in [0.2, 0.25) is 10.0 Å². The van der Waals surface area contributed by atoms with Gasteiger partial charge in [0.2, 0.25) is 5.91 Å². The van der Waals surface area contributed by atoms with Gasteiger partial charge in [-0.2, -0.15) is 0 Å². The molecular weight excluding hydrogens is 355 g/mol. The molecule has 1 N–H and O–H groups in total. The third-order valence-electron chi connectivity index (χ3n) is 4.61. The Morgan fingerprint density at radius 1 is 1.17 bits per heavy atom. The number of likely N-dealkylation sites (tertiary alicyclic amines) is 1. The zero-order valence-electron chi connectivity index (χ0n) is 12.7. The molecule has 0 aliphatic carbocycles. The summed E-state index contributed by atoms with van der Waals surface area (Å²) in [6, 6.07) is 4.24. The van der Waals surface area contributed by atoms with E-state index in [2.05, 4.69) is 0 Å². The number of halogens is 2. The van der Waals surface area contributed by atoms with E-state index in [1.807, 2.05) is 4.90 Å². The number of rotatable bonds is 3. The minimum atomic E-state index is -0.809. The lowest BCUT2D eigenvalue weighted by Gasteiger charge is -2.33. The molecule has 0 radical (unpaired) electrons. The van der Waals surface area contributed by atoms with Gasteiger partial charge in [-0.3, -0.25) is 19.3 Å². The number of nitrogens with zero attached hydrogens (tertiary/aromatic N) is 2. The van der Waals surface area contributed by atoms with Crippen LogP contribution in [0.1, 0.15) is 19.3 Å². The standard InChI is InChI=1S/C16H16Cl2N2O4/c17-10-2-1-3-11(14(10)18)20-13(21)8-12(15(20)22)19-6-4-9(5-7-19)16(23)24/h1-3,9,12H,4-8H2,(H,23,24)/t12-/m0/s1. The highest BCUT2D eigenvalue weighted by Gasteiger charge is 2.44. The molecule has 1 aromatic rings. The Morgan fingerprint density at radius 3 is 2.46 bits per heavy atom. The number of carbonyl (C=O) groups is 3. The molecule has 2 fully saturated rings. The number of hydrogen-bond acceptors (Lipinski definition) is 4. The molecule has 128 valence electrons. The second-order valence-electron chi connectivity index (χ2n) is 6.01. The number of aliphatic carboxylic acids is 1. The van der Waals surface area contributed by atoms with E-state index in [1.54, 1.807) is 18.2 Å². The average molecular weight is 371 g/mol. The van der Waals surface area contributed by atoms with E-state index in [0.717, 1.165) is 4.90 Å². The zero-order valence-corrected chi connectivity index (χ0v) is 14.3. The van der Waals surface area contributed by atoms with Crippen molar-refractivity contribution in [1.82, 2.24) is 4.90 Å². The maximum Gasteiger partial charge on any atom is 0.306 e. The quantitative estimate of drug-likeness (QED) is 0.826. The molecule has 0 saturated carbocycles. The Kier molecular flexibility index (Phi) is 4.80. The summed E-state index contributed by atoms with van der Waals surface area (Å²) in [7, 11) is 0. The van der Waals surface area contributed by atoms with E-state index in [0.29, 0.717) is 31.6 Å². The van der Waals surface area contributed by atoms with Gasteiger partial charge in [0.1, 0.15) is 0 Å².